The van der Waals surface area contributed by atoms with Crippen LogP contribution in [0.3, 0.4) is 0 Å². The van der Waals surface area contributed by atoms with E-state index in [1.807, 2.05) is 31.2 Å². The van der Waals surface area contributed by atoms with Gasteiger partial charge in [0.1, 0.15) is 0 Å². The Balaban J connectivity index is 0.00000161. The Morgan fingerprint density at radius 3 is 2.90 bits per heavy atom. The molecule has 0 fully saturated rings. The van der Waals surface area contributed by atoms with E-state index in [0.29, 0.717) is 0 Å². The van der Waals surface area contributed by atoms with Gasteiger partial charge in [-0.1, -0.05) is 18.2 Å². The summed E-state index contributed by atoms with van der Waals surface area (Å²) in [4.78, 5) is 6.64. The molecule has 0 aliphatic carbocycles. The van der Waals surface area contributed by atoms with Crippen LogP contribution in [0.5, 0.6) is 0 Å². The summed E-state index contributed by atoms with van der Waals surface area (Å²) in [5.41, 5.74) is 3.80. The highest BCUT2D eigenvalue weighted by molar-refractivity contribution is 14.0. The summed E-state index contributed by atoms with van der Waals surface area (Å²) in [6, 6.07) is 8.50. The molecule has 2 heterocycles. The van der Waals surface area contributed by atoms with E-state index in [9.17, 15) is 0 Å². The molecule has 112 valence electrons. The lowest BCUT2D eigenvalue weighted by atomic mass is 10.2. The van der Waals surface area contributed by atoms with E-state index in [-0.39, 0.29) is 24.0 Å². The van der Waals surface area contributed by atoms with Crippen LogP contribution in [-0.2, 0) is 20.0 Å². The van der Waals surface area contributed by atoms with Crippen molar-refractivity contribution in [3.05, 3.63) is 47.8 Å². The lowest BCUT2D eigenvalue weighted by molar-refractivity contribution is 0.766. The van der Waals surface area contributed by atoms with E-state index in [1.54, 1.807) is 0 Å². The van der Waals surface area contributed by atoms with Gasteiger partial charge < -0.3 is 10.2 Å². The molecule has 0 saturated carbocycles. The molecule has 3 rings (SSSR count). The van der Waals surface area contributed by atoms with Crippen LogP contribution in [0.4, 0.5) is 5.69 Å². The maximum atomic E-state index is 4.40. The van der Waals surface area contributed by atoms with Crippen molar-refractivity contribution in [2.45, 2.75) is 13.0 Å². The Hall–Kier alpha value is -1.57. The first-order valence-electron chi connectivity index (χ1n) is 6.81. The number of rotatable bonds is 2. The molecule has 0 unspecified atom stereocenters. The fourth-order valence-electron chi connectivity index (χ4n) is 2.60. The van der Waals surface area contributed by atoms with Crippen LogP contribution in [0.25, 0.3) is 0 Å². The molecular weight excluding hydrogens is 377 g/mol. The molecule has 0 saturated heterocycles. The first kappa shape index (κ1) is 15.8. The third-order valence-electron chi connectivity index (χ3n) is 3.56. The van der Waals surface area contributed by atoms with Crippen molar-refractivity contribution in [2.75, 3.05) is 18.5 Å². The van der Waals surface area contributed by atoms with Gasteiger partial charge in [-0.15, -0.1) is 24.0 Å². The zero-order chi connectivity index (χ0) is 13.9. The Bertz CT molecular complexity index is 634. The Kier molecular flexibility index (Phi) is 5.22. The maximum Gasteiger partial charge on any atom is 0.198 e. The van der Waals surface area contributed by atoms with Crippen LogP contribution in [0.2, 0.25) is 0 Å². The zero-order valence-corrected chi connectivity index (χ0v) is 14.6. The van der Waals surface area contributed by atoms with Gasteiger partial charge in [0.25, 0.3) is 0 Å². The van der Waals surface area contributed by atoms with Gasteiger partial charge >= 0.3 is 0 Å². The monoisotopic (exact) mass is 397 g/mol. The number of nitrogens with zero attached hydrogens (tertiary/aromatic N) is 4. The van der Waals surface area contributed by atoms with E-state index in [1.165, 1.54) is 11.3 Å². The molecule has 21 heavy (non-hydrogen) atoms. The van der Waals surface area contributed by atoms with E-state index >= 15 is 0 Å². The Labute approximate surface area is 142 Å². The number of nitrogens with one attached hydrogen (secondary N) is 1. The van der Waals surface area contributed by atoms with Crippen LogP contribution < -0.4 is 10.2 Å². The summed E-state index contributed by atoms with van der Waals surface area (Å²) < 4.78 is 1.81. The third kappa shape index (κ3) is 3.37. The minimum Gasteiger partial charge on any atom is -0.352 e. The predicted molar refractivity (Wildman–Crippen MR) is 96.3 cm³/mol. The third-order valence-corrected chi connectivity index (χ3v) is 3.56. The first-order chi connectivity index (χ1) is 9.78. The molecule has 1 aliphatic rings. The molecule has 1 aromatic carbocycles. The second-order valence-electron chi connectivity index (χ2n) is 4.95. The second-order valence-corrected chi connectivity index (χ2v) is 4.95. The number of hydrogen-bond acceptors (Lipinski definition) is 2. The van der Waals surface area contributed by atoms with Gasteiger partial charge in [-0.25, -0.2) is 0 Å². The number of fused-ring (bicyclic) bond motifs is 1. The summed E-state index contributed by atoms with van der Waals surface area (Å²) >= 11 is 0. The number of benzene rings is 1. The number of halogens is 1. The molecule has 6 heteroatoms. The van der Waals surface area contributed by atoms with Crippen LogP contribution in [0.1, 0.15) is 11.1 Å². The number of para-hydroxylation sites is 1. The van der Waals surface area contributed by atoms with Gasteiger partial charge in [0.05, 0.1) is 6.20 Å². The van der Waals surface area contributed by atoms with Gasteiger partial charge in [-0.05, 0) is 18.1 Å². The Morgan fingerprint density at radius 1 is 1.38 bits per heavy atom. The van der Waals surface area contributed by atoms with Crippen LogP contribution in [0.15, 0.2) is 41.7 Å². The summed E-state index contributed by atoms with van der Waals surface area (Å²) in [5.74, 6) is 0.916. The summed E-state index contributed by atoms with van der Waals surface area (Å²) in [6.45, 7) is 1.71. The fourth-order valence-corrected chi connectivity index (χ4v) is 2.60. The first-order valence-corrected chi connectivity index (χ1v) is 6.81. The molecule has 1 N–H and O–H groups in total. The predicted octanol–water partition coefficient (Wildman–Crippen LogP) is 2.18. The maximum absolute atomic E-state index is 4.40. The van der Waals surface area contributed by atoms with Crippen molar-refractivity contribution in [1.82, 2.24) is 15.1 Å². The highest BCUT2D eigenvalue weighted by Crippen LogP contribution is 2.27. The summed E-state index contributed by atoms with van der Waals surface area (Å²) in [5, 5.41) is 7.58. The lowest BCUT2D eigenvalue weighted by Crippen LogP contribution is -2.40. The van der Waals surface area contributed by atoms with Gasteiger partial charge in [-0.2, -0.15) is 5.10 Å². The molecule has 0 radical (unpaired) electrons. The van der Waals surface area contributed by atoms with Crippen molar-refractivity contribution < 1.29 is 0 Å². The van der Waals surface area contributed by atoms with Crippen molar-refractivity contribution in [2.24, 2.45) is 12.0 Å². The molecule has 0 amide bonds. The summed E-state index contributed by atoms with van der Waals surface area (Å²) in [7, 11) is 3.75. The molecule has 1 aromatic heterocycles. The van der Waals surface area contributed by atoms with Gasteiger partial charge in [0.2, 0.25) is 0 Å². The lowest BCUT2D eigenvalue weighted by Gasteiger charge is -2.22. The fraction of sp³-hybridized carbons (Fsp3) is 0.333. The standard InChI is InChI=1S/C15H19N5.HI/c1-16-15(17-9-12-10-18-19(2)11-12)20-8-7-13-5-3-4-6-14(13)20;/h3-6,10-11H,7-9H2,1-2H3,(H,16,17);1H. The zero-order valence-electron chi connectivity index (χ0n) is 12.3. The van der Waals surface area contributed by atoms with Crippen molar-refractivity contribution in [1.29, 1.82) is 0 Å². The van der Waals surface area contributed by atoms with E-state index < -0.39 is 0 Å². The molecule has 2 aromatic rings. The van der Waals surface area contributed by atoms with Gasteiger partial charge in [0.15, 0.2) is 5.96 Å². The minimum atomic E-state index is 0. The van der Waals surface area contributed by atoms with Gasteiger partial charge in [0, 0.05) is 44.6 Å². The quantitative estimate of drug-likeness (QED) is 0.480. The largest absolute Gasteiger partial charge is 0.352 e. The smallest absolute Gasteiger partial charge is 0.198 e. The molecule has 0 atom stereocenters. The number of hydrogen-bond donors (Lipinski definition) is 1. The number of aryl methyl sites for hydroxylation is 1. The number of aromatic nitrogens is 2. The van der Waals surface area contributed by atoms with Gasteiger partial charge in [-0.3, -0.25) is 9.67 Å². The average molecular weight is 397 g/mol. The SMILES string of the molecule is CN=C(NCc1cnn(C)c1)N1CCc2ccccc21.I. The highest BCUT2D eigenvalue weighted by Gasteiger charge is 2.22. The Morgan fingerprint density at radius 2 is 2.19 bits per heavy atom. The van der Waals surface area contributed by atoms with Crippen molar-refractivity contribution in [3.63, 3.8) is 0 Å². The van der Waals surface area contributed by atoms with Crippen LogP contribution in [0, 0.1) is 0 Å². The number of aliphatic imine (C=N–C) groups is 1. The molecule has 0 bridgehead atoms. The topological polar surface area (TPSA) is 45.5 Å². The molecule has 0 spiro atoms. The number of anilines is 1. The van der Waals surface area contributed by atoms with Crippen LogP contribution >= 0.6 is 24.0 Å². The second kappa shape index (κ2) is 6.93. The van der Waals surface area contributed by atoms with Crippen molar-refractivity contribution >= 4 is 35.6 Å². The normalized spacial score (nSPS) is 13.8. The van der Waals surface area contributed by atoms with E-state index in [2.05, 4.69) is 44.6 Å². The highest BCUT2D eigenvalue weighted by atomic mass is 127. The average Bonchev–Trinajstić information content (AvgIpc) is 3.07. The number of guanidine groups is 1. The molecular formula is C15H20IN5. The van der Waals surface area contributed by atoms with Crippen LogP contribution in [-0.4, -0.2) is 29.3 Å². The van der Waals surface area contributed by atoms with E-state index in [0.717, 1.165) is 31.0 Å². The van der Waals surface area contributed by atoms with E-state index in [4.69, 9.17) is 0 Å². The summed E-state index contributed by atoms with van der Waals surface area (Å²) in [6.07, 6.45) is 4.96. The molecule has 1 aliphatic heterocycles. The minimum absolute atomic E-state index is 0. The molecule has 5 nitrogen and oxygen atoms in total. The van der Waals surface area contributed by atoms with Crippen molar-refractivity contribution in [3.8, 4) is 0 Å².